The number of likely N-dealkylation sites (tertiary alicyclic amines) is 2. The zero-order valence-corrected chi connectivity index (χ0v) is 19.1. The molecule has 0 bridgehead atoms. The predicted octanol–water partition coefficient (Wildman–Crippen LogP) is 2.08. The molecule has 2 saturated carbocycles. The van der Waals surface area contributed by atoms with E-state index in [2.05, 4.69) is 27.4 Å². The van der Waals surface area contributed by atoms with E-state index in [0.717, 1.165) is 51.7 Å². The summed E-state index contributed by atoms with van der Waals surface area (Å²) in [6.45, 7) is 6.86. The molecule has 2 amide bonds. The van der Waals surface area contributed by atoms with Crippen LogP contribution in [-0.2, 0) is 9.59 Å². The van der Waals surface area contributed by atoms with Crippen molar-refractivity contribution in [2.75, 3.05) is 19.6 Å². The summed E-state index contributed by atoms with van der Waals surface area (Å²) in [7, 11) is 0. The van der Waals surface area contributed by atoms with Gasteiger partial charge in [0.05, 0.1) is 6.04 Å². The van der Waals surface area contributed by atoms with Crippen molar-refractivity contribution in [3.8, 4) is 0 Å². The Morgan fingerprint density at radius 1 is 1.06 bits per heavy atom. The molecule has 0 aromatic heterocycles. The standard InChI is InChI=1S/C24H39FN4O2/c1-14-6-7-20(25)19-11-21(27-23(14)19)24(31)26-17-4-3-5-18(10-17)28-12-16-8-9-29(15(2)30)22(16)13-28/h14,16-23,27H,3-13H2,1-2H3,(H,26,31)/t14?,16-,17+,18+,19?,20?,21?,22+,23?/m0/s1. The van der Waals surface area contributed by atoms with E-state index >= 15 is 0 Å². The molecule has 3 saturated heterocycles. The highest BCUT2D eigenvalue weighted by atomic mass is 19.1. The summed E-state index contributed by atoms with van der Waals surface area (Å²) in [6, 6.07) is 0.983. The van der Waals surface area contributed by atoms with E-state index in [9.17, 15) is 14.0 Å². The molecule has 7 heteroatoms. The highest BCUT2D eigenvalue weighted by Gasteiger charge is 2.47. The van der Waals surface area contributed by atoms with Gasteiger partial charge in [-0.15, -0.1) is 0 Å². The van der Waals surface area contributed by atoms with Gasteiger partial charge in [-0.2, -0.15) is 0 Å². The largest absolute Gasteiger partial charge is 0.352 e. The topological polar surface area (TPSA) is 64.7 Å². The highest BCUT2D eigenvalue weighted by molar-refractivity contribution is 5.82. The molecule has 5 fully saturated rings. The van der Waals surface area contributed by atoms with Gasteiger partial charge in [0.15, 0.2) is 0 Å². The lowest BCUT2D eigenvalue weighted by atomic mass is 9.77. The van der Waals surface area contributed by atoms with Gasteiger partial charge in [-0.1, -0.05) is 6.92 Å². The minimum atomic E-state index is -0.769. The van der Waals surface area contributed by atoms with E-state index in [1.807, 2.05) is 0 Å². The van der Waals surface area contributed by atoms with Gasteiger partial charge in [-0.25, -0.2) is 4.39 Å². The highest BCUT2D eigenvalue weighted by Crippen LogP contribution is 2.39. The summed E-state index contributed by atoms with van der Waals surface area (Å²) in [5.74, 6) is 1.32. The Morgan fingerprint density at radius 3 is 2.68 bits per heavy atom. The van der Waals surface area contributed by atoms with Crippen molar-refractivity contribution < 1.29 is 14.0 Å². The molecule has 5 unspecified atom stereocenters. The first kappa shape index (κ1) is 21.6. The van der Waals surface area contributed by atoms with Gasteiger partial charge in [0.2, 0.25) is 11.8 Å². The van der Waals surface area contributed by atoms with Crippen LogP contribution in [0.3, 0.4) is 0 Å². The first-order chi connectivity index (χ1) is 14.9. The molecule has 3 heterocycles. The normalized spacial score (nSPS) is 45.4. The summed E-state index contributed by atoms with van der Waals surface area (Å²) in [4.78, 5) is 29.6. The van der Waals surface area contributed by atoms with Crippen LogP contribution < -0.4 is 10.6 Å². The van der Waals surface area contributed by atoms with Crippen molar-refractivity contribution in [1.29, 1.82) is 0 Å². The van der Waals surface area contributed by atoms with Crippen molar-refractivity contribution in [1.82, 2.24) is 20.4 Å². The summed E-state index contributed by atoms with van der Waals surface area (Å²) in [5, 5.41) is 6.79. The molecule has 5 aliphatic rings. The lowest BCUT2D eigenvalue weighted by Gasteiger charge is -2.37. The SMILES string of the molecule is CC(=O)N1CC[C@H]2CN([C@@H]3CCC[C@@H](NC(=O)C4CC5C(F)CCC(C)C5N4)C3)C[C@H]21. The van der Waals surface area contributed by atoms with Gasteiger partial charge in [0.1, 0.15) is 6.17 Å². The Kier molecular flexibility index (Phi) is 6.01. The quantitative estimate of drug-likeness (QED) is 0.714. The van der Waals surface area contributed by atoms with E-state index in [-0.39, 0.29) is 35.9 Å². The number of nitrogens with zero attached hydrogens (tertiary/aromatic N) is 2. The molecule has 3 aliphatic heterocycles. The average molecular weight is 435 g/mol. The second-order valence-electron chi connectivity index (χ2n) is 11.0. The van der Waals surface area contributed by atoms with Crippen LogP contribution in [0.2, 0.25) is 0 Å². The summed E-state index contributed by atoms with van der Waals surface area (Å²) < 4.78 is 14.4. The number of fused-ring (bicyclic) bond motifs is 2. The first-order valence-electron chi connectivity index (χ1n) is 12.6. The second-order valence-corrected chi connectivity index (χ2v) is 11.0. The molecule has 5 rings (SSSR count). The van der Waals surface area contributed by atoms with Crippen LogP contribution in [0, 0.1) is 17.8 Å². The van der Waals surface area contributed by atoms with Gasteiger partial charge < -0.3 is 15.5 Å². The minimum absolute atomic E-state index is 0.00756. The van der Waals surface area contributed by atoms with E-state index < -0.39 is 6.17 Å². The maximum atomic E-state index is 14.4. The average Bonchev–Trinajstić information content (AvgIpc) is 3.44. The third-order valence-electron chi connectivity index (χ3n) is 9.14. The molecule has 2 aliphatic carbocycles. The fraction of sp³-hybridized carbons (Fsp3) is 0.917. The number of hydrogen-bond acceptors (Lipinski definition) is 4. The van der Waals surface area contributed by atoms with Crippen molar-refractivity contribution in [2.24, 2.45) is 17.8 Å². The Bertz CT molecular complexity index is 687. The molecular formula is C24H39FN4O2. The summed E-state index contributed by atoms with van der Waals surface area (Å²) in [6.07, 6.45) is 6.87. The van der Waals surface area contributed by atoms with Crippen molar-refractivity contribution >= 4 is 11.8 Å². The smallest absolute Gasteiger partial charge is 0.237 e. The van der Waals surface area contributed by atoms with E-state index in [4.69, 9.17) is 0 Å². The molecule has 0 radical (unpaired) electrons. The van der Waals surface area contributed by atoms with Crippen LogP contribution in [0.15, 0.2) is 0 Å². The van der Waals surface area contributed by atoms with Crippen LogP contribution in [0.1, 0.15) is 65.2 Å². The Morgan fingerprint density at radius 2 is 1.90 bits per heavy atom. The zero-order valence-electron chi connectivity index (χ0n) is 19.1. The summed E-state index contributed by atoms with van der Waals surface area (Å²) >= 11 is 0. The maximum Gasteiger partial charge on any atom is 0.237 e. The molecule has 31 heavy (non-hydrogen) atoms. The molecule has 9 atom stereocenters. The number of amides is 2. The van der Waals surface area contributed by atoms with Gasteiger partial charge in [0.25, 0.3) is 0 Å². The second kappa shape index (κ2) is 8.62. The van der Waals surface area contributed by atoms with Crippen LogP contribution in [0.4, 0.5) is 4.39 Å². The van der Waals surface area contributed by atoms with E-state index in [0.29, 0.717) is 36.8 Å². The van der Waals surface area contributed by atoms with Crippen LogP contribution in [0.25, 0.3) is 0 Å². The van der Waals surface area contributed by atoms with Crippen molar-refractivity contribution in [2.45, 2.75) is 102 Å². The number of hydrogen-bond donors (Lipinski definition) is 2. The third-order valence-corrected chi connectivity index (χ3v) is 9.14. The number of rotatable bonds is 3. The van der Waals surface area contributed by atoms with E-state index in [1.165, 1.54) is 6.42 Å². The Hall–Kier alpha value is -1.21. The third kappa shape index (κ3) is 4.12. The van der Waals surface area contributed by atoms with Crippen LogP contribution in [-0.4, -0.2) is 77.6 Å². The lowest BCUT2D eigenvalue weighted by molar-refractivity contribution is -0.129. The number of halogens is 1. The number of alkyl halides is 1. The zero-order chi connectivity index (χ0) is 21.7. The van der Waals surface area contributed by atoms with Gasteiger partial charge in [-0.3, -0.25) is 14.5 Å². The fourth-order valence-electron chi connectivity index (χ4n) is 7.41. The first-order valence-corrected chi connectivity index (χ1v) is 12.6. The predicted molar refractivity (Wildman–Crippen MR) is 117 cm³/mol. The van der Waals surface area contributed by atoms with Crippen molar-refractivity contribution in [3.05, 3.63) is 0 Å². The lowest BCUT2D eigenvalue weighted by Crippen LogP contribution is -2.51. The van der Waals surface area contributed by atoms with Gasteiger partial charge >= 0.3 is 0 Å². The van der Waals surface area contributed by atoms with Crippen molar-refractivity contribution in [3.63, 3.8) is 0 Å². The van der Waals surface area contributed by atoms with Gasteiger partial charge in [-0.05, 0) is 63.2 Å². The summed E-state index contributed by atoms with van der Waals surface area (Å²) in [5.41, 5.74) is 0. The van der Waals surface area contributed by atoms with Gasteiger partial charge in [0, 0.05) is 56.6 Å². The Balaban J connectivity index is 1.15. The number of carbonyl (C=O) groups is 2. The molecule has 0 spiro atoms. The Labute approximate surface area is 185 Å². The monoisotopic (exact) mass is 434 g/mol. The number of carbonyl (C=O) groups excluding carboxylic acids is 2. The molecule has 2 N–H and O–H groups in total. The molecule has 174 valence electrons. The molecular weight excluding hydrogens is 395 g/mol. The molecule has 0 aromatic carbocycles. The molecule has 0 aromatic rings. The maximum absolute atomic E-state index is 14.4. The molecule has 6 nitrogen and oxygen atoms in total. The minimum Gasteiger partial charge on any atom is -0.352 e. The van der Waals surface area contributed by atoms with Crippen LogP contribution >= 0.6 is 0 Å². The van der Waals surface area contributed by atoms with E-state index in [1.54, 1.807) is 6.92 Å². The van der Waals surface area contributed by atoms with Crippen LogP contribution in [0.5, 0.6) is 0 Å². The number of nitrogens with one attached hydrogen (secondary N) is 2. The fourth-order valence-corrected chi connectivity index (χ4v) is 7.41.